The number of ether oxygens (including phenoxy) is 1. The second-order valence-corrected chi connectivity index (χ2v) is 5.33. The van der Waals surface area contributed by atoms with E-state index in [0.717, 1.165) is 5.56 Å². The Hall–Kier alpha value is -2.04. The van der Waals surface area contributed by atoms with E-state index in [1.54, 1.807) is 43.3 Å². The molecule has 2 aromatic carbocycles. The maximum atomic E-state index is 11.9. The predicted molar refractivity (Wildman–Crippen MR) is 86.6 cm³/mol. The van der Waals surface area contributed by atoms with Crippen molar-refractivity contribution in [2.75, 3.05) is 11.9 Å². The third kappa shape index (κ3) is 4.00. The molecule has 4 nitrogen and oxygen atoms in total. The number of hydrogen-bond acceptors (Lipinski definition) is 3. The van der Waals surface area contributed by atoms with Crippen molar-refractivity contribution in [2.24, 2.45) is 0 Å². The van der Waals surface area contributed by atoms with Gasteiger partial charge in [-0.1, -0.05) is 47.5 Å². The van der Waals surface area contributed by atoms with Gasteiger partial charge in [0.2, 0.25) is 0 Å². The predicted octanol–water partition coefficient (Wildman–Crippen LogP) is 4.10. The van der Waals surface area contributed by atoms with E-state index in [2.05, 4.69) is 5.32 Å². The molecule has 6 heteroatoms. The van der Waals surface area contributed by atoms with Crippen LogP contribution >= 0.6 is 23.2 Å². The summed E-state index contributed by atoms with van der Waals surface area (Å²) in [5, 5.41) is 3.11. The van der Waals surface area contributed by atoms with Gasteiger partial charge in [-0.3, -0.25) is 4.79 Å². The van der Waals surface area contributed by atoms with Crippen molar-refractivity contribution in [1.82, 2.24) is 0 Å². The van der Waals surface area contributed by atoms with Gasteiger partial charge in [0.25, 0.3) is 5.91 Å². The molecule has 0 aliphatic carbocycles. The van der Waals surface area contributed by atoms with Crippen LogP contribution in [0.1, 0.15) is 15.9 Å². The number of esters is 1. The van der Waals surface area contributed by atoms with E-state index < -0.39 is 18.5 Å². The van der Waals surface area contributed by atoms with Gasteiger partial charge in [-0.25, -0.2) is 4.79 Å². The number of rotatable bonds is 4. The molecule has 0 unspecified atom stereocenters. The van der Waals surface area contributed by atoms with E-state index >= 15 is 0 Å². The summed E-state index contributed by atoms with van der Waals surface area (Å²) in [7, 11) is 0. The van der Waals surface area contributed by atoms with Crippen LogP contribution in [0, 0.1) is 6.92 Å². The average molecular weight is 338 g/mol. The van der Waals surface area contributed by atoms with Crippen LogP contribution in [0.4, 0.5) is 5.69 Å². The molecule has 0 aromatic heterocycles. The molecular weight excluding hydrogens is 325 g/mol. The molecule has 0 aliphatic heterocycles. The van der Waals surface area contributed by atoms with Crippen molar-refractivity contribution in [3.8, 4) is 0 Å². The Labute approximate surface area is 138 Å². The molecule has 0 aliphatic rings. The highest BCUT2D eigenvalue weighted by Crippen LogP contribution is 2.29. The standard InChI is InChI=1S/C16H13Cl2NO3/c1-10-5-2-3-6-11(10)16(21)22-9-14(20)19-13-8-4-7-12(17)15(13)18/h2-8H,9H2,1H3,(H,19,20). The Bertz CT molecular complexity index is 716. The van der Waals surface area contributed by atoms with Crippen LogP contribution < -0.4 is 5.32 Å². The van der Waals surface area contributed by atoms with Gasteiger partial charge in [0.15, 0.2) is 6.61 Å². The third-order valence-electron chi connectivity index (χ3n) is 2.93. The number of carbonyl (C=O) groups excluding carboxylic acids is 2. The highest BCUT2D eigenvalue weighted by molar-refractivity contribution is 6.44. The zero-order chi connectivity index (χ0) is 16.1. The highest BCUT2D eigenvalue weighted by Gasteiger charge is 2.13. The van der Waals surface area contributed by atoms with Crippen LogP contribution in [0.25, 0.3) is 0 Å². The maximum absolute atomic E-state index is 11.9. The summed E-state index contributed by atoms with van der Waals surface area (Å²) >= 11 is 11.8. The first-order chi connectivity index (χ1) is 10.5. The second-order valence-electron chi connectivity index (χ2n) is 4.54. The van der Waals surface area contributed by atoms with Gasteiger partial charge < -0.3 is 10.1 Å². The second kappa shape index (κ2) is 7.29. The molecule has 114 valence electrons. The van der Waals surface area contributed by atoms with Crippen molar-refractivity contribution < 1.29 is 14.3 Å². The number of amides is 1. The first-order valence-electron chi connectivity index (χ1n) is 6.45. The van der Waals surface area contributed by atoms with Crippen molar-refractivity contribution >= 4 is 40.8 Å². The lowest BCUT2D eigenvalue weighted by Crippen LogP contribution is -2.21. The maximum Gasteiger partial charge on any atom is 0.338 e. The van der Waals surface area contributed by atoms with Gasteiger partial charge in [-0.15, -0.1) is 0 Å². The molecule has 0 saturated heterocycles. The smallest absolute Gasteiger partial charge is 0.338 e. The fraction of sp³-hybridized carbons (Fsp3) is 0.125. The van der Waals surface area contributed by atoms with Crippen LogP contribution in [-0.4, -0.2) is 18.5 Å². The Morgan fingerprint density at radius 3 is 2.55 bits per heavy atom. The molecule has 1 amide bonds. The van der Waals surface area contributed by atoms with Gasteiger partial charge in [-0.05, 0) is 30.7 Å². The molecule has 0 radical (unpaired) electrons. The zero-order valence-corrected chi connectivity index (χ0v) is 13.2. The summed E-state index contributed by atoms with van der Waals surface area (Å²) in [6.07, 6.45) is 0. The molecule has 2 aromatic rings. The molecular formula is C16H13Cl2NO3. The highest BCUT2D eigenvalue weighted by atomic mass is 35.5. The minimum atomic E-state index is -0.551. The number of nitrogens with one attached hydrogen (secondary N) is 1. The molecule has 0 spiro atoms. The number of carbonyl (C=O) groups is 2. The number of aryl methyl sites for hydroxylation is 1. The molecule has 0 bridgehead atoms. The quantitative estimate of drug-likeness (QED) is 0.854. The lowest BCUT2D eigenvalue weighted by atomic mass is 10.1. The minimum Gasteiger partial charge on any atom is -0.452 e. The molecule has 0 heterocycles. The Balaban J connectivity index is 1.95. The average Bonchev–Trinajstić information content (AvgIpc) is 2.50. The van der Waals surface area contributed by atoms with Crippen molar-refractivity contribution in [3.05, 3.63) is 63.6 Å². The normalized spacial score (nSPS) is 10.1. The number of benzene rings is 2. The number of hydrogen-bond donors (Lipinski definition) is 1. The van der Waals surface area contributed by atoms with Crippen LogP contribution in [0.2, 0.25) is 10.0 Å². The first-order valence-corrected chi connectivity index (χ1v) is 7.21. The number of anilines is 1. The molecule has 0 atom stereocenters. The van der Waals surface area contributed by atoms with E-state index in [1.165, 1.54) is 0 Å². The summed E-state index contributed by atoms with van der Waals surface area (Å²) in [6.45, 7) is 1.39. The number of halogens is 2. The molecule has 0 saturated carbocycles. The van der Waals surface area contributed by atoms with Gasteiger partial charge in [0.05, 0.1) is 21.3 Å². The van der Waals surface area contributed by atoms with Crippen LogP contribution in [0.3, 0.4) is 0 Å². The van der Waals surface area contributed by atoms with Crippen molar-refractivity contribution in [3.63, 3.8) is 0 Å². The van der Waals surface area contributed by atoms with E-state index in [1.807, 2.05) is 6.07 Å². The van der Waals surface area contributed by atoms with Crippen LogP contribution in [0.5, 0.6) is 0 Å². The van der Waals surface area contributed by atoms with E-state index in [0.29, 0.717) is 16.3 Å². The topological polar surface area (TPSA) is 55.4 Å². The van der Waals surface area contributed by atoms with Gasteiger partial charge in [0.1, 0.15) is 0 Å². The zero-order valence-electron chi connectivity index (χ0n) is 11.7. The van der Waals surface area contributed by atoms with E-state index in [-0.39, 0.29) is 5.02 Å². The van der Waals surface area contributed by atoms with Gasteiger partial charge in [-0.2, -0.15) is 0 Å². The van der Waals surface area contributed by atoms with Crippen LogP contribution in [0.15, 0.2) is 42.5 Å². The summed E-state index contributed by atoms with van der Waals surface area (Å²) in [4.78, 5) is 23.7. The lowest BCUT2D eigenvalue weighted by Gasteiger charge is -2.09. The summed E-state index contributed by atoms with van der Waals surface area (Å²) in [6, 6.07) is 11.9. The van der Waals surface area contributed by atoms with E-state index in [4.69, 9.17) is 27.9 Å². The summed E-state index contributed by atoms with van der Waals surface area (Å²) in [5.41, 5.74) is 1.58. The van der Waals surface area contributed by atoms with Crippen LogP contribution in [-0.2, 0) is 9.53 Å². The Morgan fingerprint density at radius 1 is 1.09 bits per heavy atom. The molecule has 0 fully saturated rings. The van der Waals surface area contributed by atoms with Crippen molar-refractivity contribution in [1.29, 1.82) is 0 Å². The minimum absolute atomic E-state index is 0.239. The third-order valence-corrected chi connectivity index (χ3v) is 3.74. The van der Waals surface area contributed by atoms with Crippen molar-refractivity contribution in [2.45, 2.75) is 6.92 Å². The molecule has 1 N–H and O–H groups in total. The van der Waals surface area contributed by atoms with Gasteiger partial charge in [0, 0.05) is 0 Å². The lowest BCUT2D eigenvalue weighted by molar-refractivity contribution is -0.119. The largest absolute Gasteiger partial charge is 0.452 e. The Kier molecular flexibility index (Phi) is 5.41. The van der Waals surface area contributed by atoms with Gasteiger partial charge >= 0.3 is 5.97 Å². The fourth-order valence-electron chi connectivity index (χ4n) is 1.80. The summed E-state index contributed by atoms with van der Waals surface area (Å²) < 4.78 is 4.99. The first kappa shape index (κ1) is 16.3. The van der Waals surface area contributed by atoms with E-state index in [9.17, 15) is 9.59 Å². The molecule has 2 rings (SSSR count). The SMILES string of the molecule is Cc1ccccc1C(=O)OCC(=O)Nc1cccc(Cl)c1Cl. The monoisotopic (exact) mass is 337 g/mol. The Morgan fingerprint density at radius 2 is 1.82 bits per heavy atom. The molecule has 22 heavy (non-hydrogen) atoms. The fourth-order valence-corrected chi connectivity index (χ4v) is 2.15. The summed E-state index contributed by atoms with van der Waals surface area (Å²) in [5.74, 6) is -1.04.